The van der Waals surface area contributed by atoms with Crippen LogP contribution in [0.1, 0.15) is 31.1 Å². The number of amides is 3. The Hall–Kier alpha value is -2.08. The van der Waals surface area contributed by atoms with Crippen LogP contribution in [0, 0.1) is 5.92 Å². The standard InChI is InChI=1S/C18H24ClN3O3/c1-12(2)17(24)21-8-10-22(11-9-21)18(25)13(3)20-16(23)14-6-4-5-7-15(14)19/h4-7,12-13H,8-11H2,1-3H3,(H,20,23)/t13-/m0/s1. The van der Waals surface area contributed by atoms with Crippen molar-refractivity contribution in [2.24, 2.45) is 5.92 Å². The first-order chi connectivity index (χ1) is 11.8. The van der Waals surface area contributed by atoms with Gasteiger partial charge in [0.15, 0.2) is 0 Å². The zero-order valence-corrected chi connectivity index (χ0v) is 15.5. The summed E-state index contributed by atoms with van der Waals surface area (Å²) in [6, 6.07) is 6.05. The van der Waals surface area contributed by atoms with Crippen molar-refractivity contribution in [1.29, 1.82) is 0 Å². The smallest absolute Gasteiger partial charge is 0.253 e. The first-order valence-corrected chi connectivity index (χ1v) is 8.82. The van der Waals surface area contributed by atoms with Gasteiger partial charge in [0.05, 0.1) is 10.6 Å². The summed E-state index contributed by atoms with van der Waals surface area (Å²) in [6.45, 7) is 7.39. The normalized spacial score (nSPS) is 15.9. The molecule has 3 amide bonds. The van der Waals surface area contributed by atoms with Crippen LogP contribution in [0.15, 0.2) is 24.3 Å². The number of piperazine rings is 1. The van der Waals surface area contributed by atoms with Crippen molar-refractivity contribution >= 4 is 29.3 Å². The van der Waals surface area contributed by atoms with Crippen LogP contribution in [0.25, 0.3) is 0 Å². The average Bonchev–Trinajstić information content (AvgIpc) is 2.60. The van der Waals surface area contributed by atoms with E-state index >= 15 is 0 Å². The van der Waals surface area contributed by atoms with Crippen LogP contribution in [0.5, 0.6) is 0 Å². The molecular formula is C18H24ClN3O3. The predicted octanol–water partition coefficient (Wildman–Crippen LogP) is 1.79. The lowest BCUT2D eigenvalue weighted by atomic mass is 10.1. The summed E-state index contributed by atoms with van der Waals surface area (Å²) in [6.07, 6.45) is 0. The summed E-state index contributed by atoms with van der Waals surface area (Å²) < 4.78 is 0. The molecule has 0 bridgehead atoms. The van der Waals surface area contributed by atoms with Gasteiger partial charge in [0.2, 0.25) is 11.8 Å². The van der Waals surface area contributed by atoms with E-state index in [2.05, 4.69) is 5.32 Å². The van der Waals surface area contributed by atoms with Crippen LogP contribution in [0.4, 0.5) is 0 Å². The molecule has 0 aromatic heterocycles. The summed E-state index contributed by atoms with van der Waals surface area (Å²) in [7, 11) is 0. The predicted molar refractivity (Wildman–Crippen MR) is 96.4 cm³/mol. The second-order valence-corrected chi connectivity index (χ2v) is 6.89. The van der Waals surface area contributed by atoms with Crippen LogP contribution >= 0.6 is 11.6 Å². The Morgan fingerprint density at radius 2 is 1.48 bits per heavy atom. The van der Waals surface area contributed by atoms with E-state index in [0.29, 0.717) is 36.8 Å². The molecule has 0 radical (unpaired) electrons. The Morgan fingerprint density at radius 3 is 2.00 bits per heavy atom. The lowest BCUT2D eigenvalue weighted by molar-refractivity contribution is -0.142. The topological polar surface area (TPSA) is 69.7 Å². The van der Waals surface area contributed by atoms with E-state index in [1.54, 1.807) is 41.0 Å². The van der Waals surface area contributed by atoms with Crippen molar-refractivity contribution in [3.63, 3.8) is 0 Å². The average molecular weight is 366 g/mol. The lowest BCUT2D eigenvalue weighted by Crippen LogP contribution is -2.55. The monoisotopic (exact) mass is 365 g/mol. The van der Waals surface area contributed by atoms with Gasteiger partial charge in [-0.15, -0.1) is 0 Å². The maximum Gasteiger partial charge on any atom is 0.253 e. The van der Waals surface area contributed by atoms with E-state index in [4.69, 9.17) is 11.6 Å². The highest BCUT2D eigenvalue weighted by molar-refractivity contribution is 6.33. The van der Waals surface area contributed by atoms with E-state index in [9.17, 15) is 14.4 Å². The van der Waals surface area contributed by atoms with Crippen molar-refractivity contribution in [2.45, 2.75) is 26.8 Å². The van der Waals surface area contributed by atoms with Crippen LogP contribution in [-0.4, -0.2) is 59.7 Å². The molecule has 0 unspecified atom stereocenters. The zero-order chi connectivity index (χ0) is 18.6. The molecule has 7 heteroatoms. The highest BCUT2D eigenvalue weighted by Crippen LogP contribution is 2.15. The third-order valence-electron chi connectivity index (χ3n) is 4.23. The molecule has 0 spiro atoms. The Balaban J connectivity index is 1.90. The first-order valence-electron chi connectivity index (χ1n) is 8.44. The second-order valence-electron chi connectivity index (χ2n) is 6.48. The molecule has 0 aliphatic carbocycles. The molecule has 1 fully saturated rings. The number of nitrogens with zero attached hydrogens (tertiary/aromatic N) is 2. The molecule has 1 heterocycles. The number of nitrogens with one attached hydrogen (secondary N) is 1. The molecule has 6 nitrogen and oxygen atoms in total. The van der Waals surface area contributed by atoms with E-state index in [0.717, 1.165) is 0 Å². The number of hydrogen-bond acceptors (Lipinski definition) is 3. The summed E-state index contributed by atoms with van der Waals surface area (Å²) in [4.78, 5) is 40.3. The highest BCUT2D eigenvalue weighted by Gasteiger charge is 2.28. The van der Waals surface area contributed by atoms with Gasteiger partial charge in [-0.05, 0) is 19.1 Å². The van der Waals surface area contributed by atoms with Crippen molar-refractivity contribution in [3.05, 3.63) is 34.9 Å². The number of rotatable bonds is 4. The Bertz CT molecular complexity index is 655. The van der Waals surface area contributed by atoms with Gasteiger partial charge in [-0.25, -0.2) is 0 Å². The van der Waals surface area contributed by atoms with Crippen LogP contribution in [-0.2, 0) is 9.59 Å². The van der Waals surface area contributed by atoms with Crippen molar-refractivity contribution < 1.29 is 14.4 Å². The summed E-state index contributed by atoms with van der Waals surface area (Å²) in [5.41, 5.74) is 0.344. The third-order valence-corrected chi connectivity index (χ3v) is 4.56. The quantitative estimate of drug-likeness (QED) is 0.884. The molecule has 2 rings (SSSR count). The highest BCUT2D eigenvalue weighted by atomic mass is 35.5. The summed E-state index contributed by atoms with van der Waals surface area (Å²) in [5, 5.41) is 3.04. The van der Waals surface area contributed by atoms with Gasteiger partial charge < -0.3 is 15.1 Å². The fraction of sp³-hybridized carbons (Fsp3) is 0.500. The summed E-state index contributed by atoms with van der Waals surface area (Å²) in [5.74, 6) is -0.472. The zero-order valence-electron chi connectivity index (χ0n) is 14.8. The SMILES string of the molecule is CC(C)C(=O)N1CCN(C(=O)[C@H](C)NC(=O)c2ccccc2Cl)CC1. The molecule has 0 saturated carbocycles. The molecule has 1 aromatic carbocycles. The van der Waals surface area contributed by atoms with Crippen molar-refractivity contribution in [3.8, 4) is 0 Å². The minimum Gasteiger partial charge on any atom is -0.340 e. The maximum absolute atomic E-state index is 12.5. The Kier molecular flexibility index (Phi) is 6.42. The van der Waals surface area contributed by atoms with E-state index in [1.807, 2.05) is 13.8 Å². The van der Waals surface area contributed by atoms with Crippen LogP contribution in [0.3, 0.4) is 0 Å². The molecule has 1 aliphatic heterocycles. The largest absolute Gasteiger partial charge is 0.340 e. The van der Waals surface area contributed by atoms with E-state index in [1.165, 1.54) is 0 Å². The molecular weight excluding hydrogens is 342 g/mol. The minimum absolute atomic E-state index is 0.0453. The van der Waals surface area contributed by atoms with Gasteiger partial charge in [0, 0.05) is 32.1 Å². The van der Waals surface area contributed by atoms with Gasteiger partial charge in [-0.1, -0.05) is 37.6 Å². The van der Waals surface area contributed by atoms with Crippen molar-refractivity contribution in [2.75, 3.05) is 26.2 Å². The number of halogens is 1. The molecule has 1 saturated heterocycles. The van der Waals surface area contributed by atoms with E-state index < -0.39 is 6.04 Å². The van der Waals surface area contributed by atoms with Crippen LogP contribution < -0.4 is 5.32 Å². The maximum atomic E-state index is 12.5. The second kappa shape index (κ2) is 8.34. The van der Waals surface area contributed by atoms with E-state index in [-0.39, 0.29) is 23.6 Å². The third kappa shape index (κ3) is 4.72. The Morgan fingerprint density at radius 1 is 0.960 bits per heavy atom. The Labute approximate surface area is 153 Å². The van der Waals surface area contributed by atoms with Gasteiger partial charge in [-0.3, -0.25) is 14.4 Å². The number of carbonyl (C=O) groups is 3. The molecule has 25 heavy (non-hydrogen) atoms. The van der Waals surface area contributed by atoms with Gasteiger partial charge >= 0.3 is 0 Å². The first kappa shape index (κ1) is 19.2. The molecule has 1 atom stereocenters. The molecule has 1 aliphatic rings. The minimum atomic E-state index is -0.656. The number of benzene rings is 1. The molecule has 136 valence electrons. The van der Waals surface area contributed by atoms with Crippen molar-refractivity contribution in [1.82, 2.24) is 15.1 Å². The van der Waals surface area contributed by atoms with Gasteiger partial charge in [0.1, 0.15) is 6.04 Å². The molecule has 1 N–H and O–H groups in total. The number of carbonyl (C=O) groups excluding carboxylic acids is 3. The summed E-state index contributed by atoms with van der Waals surface area (Å²) >= 11 is 6.01. The molecule has 1 aromatic rings. The van der Waals surface area contributed by atoms with Gasteiger partial charge in [-0.2, -0.15) is 0 Å². The van der Waals surface area contributed by atoms with Crippen LogP contribution in [0.2, 0.25) is 5.02 Å². The fourth-order valence-electron chi connectivity index (χ4n) is 2.77. The fourth-order valence-corrected chi connectivity index (χ4v) is 2.99. The lowest BCUT2D eigenvalue weighted by Gasteiger charge is -2.36. The number of hydrogen-bond donors (Lipinski definition) is 1. The van der Waals surface area contributed by atoms with Gasteiger partial charge in [0.25, 0.3) is 5.91 Å².